The minimum Gasteiger partial charge on any atom is -0.396 e. The molecule has 0 heterocycles. The standard InChI is InChI=1S/C14H26ClN.C9H19NO.C3H8.C2H6.C2H2/c1-7-13(14(4,5)10-16-6)11(2)8-9-12(3)15;1-7(2)9(4)10-8(3)5-6-11;1-3-2;2*1-2/h8-9,13,16H,7,10H2,1-6H3;7,9-11H,3,5-6H2,1-2,4H3;3H2,1-2H3;1-2H3;1-2H/b11-8+,12-9+;;;;. The molecule has 0 saturated heterocycles. The lowest BCUT2D eigenvalue weighted by atomic mass is 9.73. The fourth-order valence-corrected chi connectivity index (χ4v) is 3.19. The van der Waals surface area contributed by atoms with Crippen LogP contribution in [-0.2, 0) is 0 Å². The third-order valence-corrected chi connectivity index (χ3v) is 5.08. The number of aliphatic hydroxyl groups is 1. The number of halogens is 1. The first-order valence-electron chi connectivity index (χ1n) is 12.9. The molecular weight excluding hydrogens is 440 g/mol. The Morgan fingerprint density at radius 2 is 1.50 bits per heavy atom. The van der Waals surface area contributed by atoms with Crippen LogP contribution >= 0.6 is 11.6 Å². The van der Waals surface area contributed by atoms with Crippen molar-refractivity contribution in [2.75, 3.05) is 20.2 Å². The molecule has 0 aliphatic carbocycles. The zero-order chi connectivity index (χ0) is 28.3. The van der Waals surface area contributed by atoms with E-state index in [2.05, 4.69) is 98.4 Å². The molecule has 0 aliphatic rings. The average Bonchev–Trinajstić information content (AvgIpc) is 2.76. The molecule has 2 atom stereocenters. The van der Waals surface area contributed by atoms with Crippen LogP contribution in [0.4, 0.5) is 0 Å². The predicted molar refractivity (Wildman–Crippen MR) is 160 cm³/mol. The fourth-order valence-electron chi connectivity index (χ4n) is 3.13. The SMILES string of the molecule is C#C.C=C(CCO)NC(C)C(C)C.CC.CCC.CCC(/C(C)=C/C=C(\C)Cl)C(C)(C)CNC. The Labute approximate surface area is 220 Å². The Morgan fingerprint density at radius 3 is 1.79 bits per heavy atom. The summed E-state index contributed by atoms with van der Waals surface area (Å²) in [5.41, 5.74) is 2.61. The van der Waals surface area contributed by atoms with E-state index < -0.39 is 0 Å². The van der Waals surface area contributed by atoms with Gasteiger partial charge in [-0.25, -0.2) is 0 Å². The van der Waals surface area contributed by atoms with Gasteiger partial charge in [0.25, 0.3) is 0 Å². The lowest BCUT2D eigenvalue weighted by molar-refractivity contribution is 0.235. The van der Waals surface area contributed by atoms with Crippen LogP contribution in [0.3, 0.4) is 0 Å². The highest BCUT2D eigenvalue weighted by Gasteiger charge is 2.28. The van der Waals surface area contributed by atoms with Crippen molar-refractivity contribution in [2.24, 2.45) is 17.3 Å². The highest BCUT2D eigenvalue weighted by Crippen LogP contribution is 2.34. The summed E-state index contributed by atoms with van der Waals surface area (Å²) in [6.07, 6.45) is 15.2. The lowest BCUT2D eigenvalue weighted by Gasteiger charge is -2.34. The molecule has 0 spiro atoms. The predicted octanol–water partition coefficient (Wildman–Crippen LogP) is 8.56. The molecule has 3 nitrogen and oxygen atoms in total. The smallest absolute Gasteiger partial charge is 0.0485 e. The van der Waals surface area contributed by atoms with Crippen molar-refractivity contribution < 1.29 is 5.11 Å². The molecule has 34 heavy (non-hydrogen) atoms. The second-order valence-corrected chi connectivity index (χ2v) is 9.70. The summed E-state index contributed by atoms with van der Waals surface area (Å²) in [6.45, 7) is 30.7. The Morgan fingerprint density at radius 1 is 1.06 bits per heavy atom. The molecule has 204 valence electrons. The zero-order valence-electron chi connectivity index (χ0n) is 25.1. The highest BCUT2D eigenvalue weighted by atomic mass is 35.5. The molecule has 0 aromatic rings. The lowest BCUT2D eigenvalue weighted by Crippen LogP contribution is -2.34. The molecule has 0 radical (unpaired) electrons. The first-order chi connectivity index (χ1) is 15.8. The number of nitrogens with one attached hydrogen (secondary N) is 2. The number of hydrogen-bond acceptors (Lipinski definition) is 3. The molecule has 4 heteroatoms. The quantitative estimate of drug-likeness (QED) is 0.196. The second-order valence-electron chi connectivity index (χ2n) is 9.11. The van der Waals surface area contributed by atoms with E-state index in [1.165, 1.54) is 12.0 Å². The molecule has 3 N–H and O–H groups in total. The zero-order valence-corrected chi connectivity index (χ0v) is 25.9. The summed E-state index contributed by atoms with van der Waals surface area (Å²) < 4.78 is 0. The van der Waals surface area contributed by atoms with Crippen LogP contribution < -0.4 is 10.6 Å². The van der Waals surface area contributed by atoms with Crippen LogP contribution in [0.2, 0.25) is 0 Å². The number of allylic oxidation sites excluding steroid dienone is 4. The minimum absolute atomic E-state index is 0.177. The van der Waals surface area contributed by atoms with Gasteiger partial charge in [0, 0.05) is 36.3 Å². The van der Waals surface area contributed by atoms with Crippen molar-refractivity contribution in [1.29, 1.82) is 0 Å². The summed E-state index contributed by atoms with van der Waals surface area (Å²) in [6, 6.07) is 0.439. The Hall–Kier alpha value is -1.21. The van der Waals surface area contributed by atoms with Gasteiger partial charge in [-0.15, -0.1) is 12.8 Å². The first-order valence-corrected chi connectivity index (χ1v) is 13.3. The number of aliphatic hydroxyl groups excluding tert-OH is 1. The highest BCUT2D eigenvalue weighted by molar-refractivity contribution is 6.29. The topological polar surface area (TPSA) is 44.3 Å². The molecule has 0 aliphatic heterocycles. The van der Waals surface area contributed by atoms with E-state index in [0.717, 1.165) is 23.7 Å². The monoisotopic (exact) mass is 500 g/mol. The van der Waals surface area contributed by atoms with Crippen molar-refractivity contribution in [3.63, 3.8) is 0 Å². The molecular formula is C30H61ClN2O. The van der Waals surface area contributed by atoms with Gasteiger partial charge in [-0.3, -0.25) is 0 Å². The van der Waals surface area contributed by atoms with E-state index >= 15 is 0 Å². The summed E-state index contributed by atoms with van der Waals surface area (Å²) in [5.74, 6) is 1.19. The summed E-state index contributed by atoms with van der Waals surface area (Å²) in [4.78, 5) is 0. The van der Waals surface area contributed by atoms with Crippen molar-refractivity contribution in [1.82, 2.24) is 10.6 Å². The number of terminal acetylenes is 1. The van der Waals surface area contributed by atoms with Gasteiger partial charge in [0.15, 0.2) is 0 Å². The summed E-state index contributed by atoms with van der Waals surface area (Å²) in [7, 11) is 2.01. The van der Waals surface area contributed by atoms with Crippen LogP contribution in [0, 0.1) is 30.1 Å². The van der Waals surface area contributed by atoms with Crippen molar-refractivity contribution >= 4 is 11.6 Å². The van der Waals surface area contributed by atoms with E-state index in [4.69, 9.17) is 16.7 Å². The minimum atomic E-state index is 0.177. The molecule has 2 unspecified atom stereocenters. The Kier molecular flexibility index (Phi) is 37.6. The third-order valence-electron chi connectivity index (χ3n) is 4.95. The van der Waals surface area contributed by atoms with E-state index in [-0.39, 0.29) is 12.0 Å². The van der Waals surface area contributed by atoms with Gasteiger partial charge in [0.2, 0.25) is 0 Å². The molecule has 0 aromatic heterocycles. The molecule has 0 amide bonds. The van der Waals surface area contributed by atoms with Crippen LogP contribution in [0.1, 0.15) is 102 Å². The maximum absolute atomic E-state index is 8.59. The van der Waals surface area contributed by atoms with E-state index in [1.54, 1.807) is 0 Å². The first kappa shape index (κ1) is 42.9. The van der Waals surface area contributed by atoms with Gasteiger partial charge in [0.1, 0.15) is 0 Å². The van der Waals surface area contributed by atoms with Crippen LogP contribution in [0.15, 0.2) is 35.0 Å². The average molecular weight is 501 g/mol. The van der Waals surface area contributed by atoms with Crippen LogP contribution in [-0.4, -0.2) is 31.3 Å². The van der Waals surface area contributed by atoms with E-state index in [0.29, 0.717) is 24.3 Å². The molecule has 0 rings (SSSR count). The molecule has 0 bridgehead atoms. The van der Waals surface area contributed by atoms with Crippen molar-refractivity contribution in [3.05, 3.63) is 35.0 Å². The molecule has 0 saturated carbocycles. The van der Waals surface area contributed by atoms with Gasteiger partial charge in [-0.1, -0.05) is 98.6 Å². The third kappa shape index (κ3) is 28.8. The normalized spacial score (nSPS) is 12.8. The van der Waals surface area contributed by atoms with E-state index in [9.17, 15) is 0 Å². The number of hydrogen-bond donors (Lipinski definition) is 3. The molecule has 0 fully saturated rings. The van der Waals surface area contributed by atoms with Crippen molar-refractivity contribution in [3.8, 4) is 12.8 Å². The fraction of sp³-hybridized carbons (Fsp3) is 0.733. The van der Waals surface area contributed by atoms with Crippen molar-refractivity contribution in [2.45, 2.75) is 108 Å². The maximum atomic E-state index is 8.59. The van der Waals surface area contributed by atoms with Crippen LogP contribution in [0.25, 0.3) is 0 Å². The molecule has 0 aromatic carbocycles. The van der Waals surface area contributed by atoms with Gasteiger partial charge in [-0.05, 0) is 57.6 Å². The van der Waals surface area contributed by atoms with E-state index in [1.807, 2.05) is 33.9 Å². The maximum Gasteiger partial charge on any atom is 0.0485 e. The number of rotatable bonds is 11. The van der Waals surface area contributed by atoms with Gasteiger partial charge < -0.3 is 15.7 Å². The second kappa shape index (κ2) is 29.8. The summed E-state index contributed by atoms with van der Waals surface area (Å²) in [5, 5.41) is 15.9. The van der Waals surface area contributed by atoms with Gasteiger partial charge in [0.05, 0.1) is 0 Å². The summed E-state index contributed by atoms with van der Waals surface area (Å²) >= 11 is 5.85. The Bertz CT molecular complexity index is 515. The largest absolute Gasteiger partial charge is 0.396 e. The Balaban J connectivity index is -0.000000135. The van der Waals surface area contributed by atoms with Gasteiger partial charge >= 0.3 is 0 Å². The van der Waals surface area contributed by atoms with Crippen LogP contribution in [0.5, 0.6) is 0 Å². The van der Waals surface area contributed by atoms with Gasteiger partial charge in [-0.2, -0.15) is 0 Å².